The summed E-state index contributed by atoms with van der Waals surface area (Å²) in [5.41, 5.74) is 2.72. The Morgan fingerprint density at radius 1 is 1.07 bits per heavy atom. The first-order valence-electron chi connectivity index (χ1n) is 9.82. The number of nitrogens with zero attached hydrogens (tertiary/aromatic N) is 1. The van der Waals surface area contributed by atoms with Gasteiger partial charge in [-0.05, 0) is 48.7 Å². The number of benzene rings is 2. The Hall–Kier alpha value is -2.92. The molecule has 1 fully saturated rings. The maximum Gasteiger partial charge on any atom is 0.253 e. The maximum atomic E-state index is 12.7. The Bertz CT molecular complexity index is 1060. The minimum absolute atomic E-state index is 0.0835. The molecule has 0 aliphatic heterocycles. The number of pyridine rings is 1. The topological polar surface area (TPSA) is 71.1 Å². The second kappa shape index (κ2) is 8.62. The predicted molar refractivity (Wildman–Crippen MR) is 115 cm³/mol. The van der Waals surface area contributed by atoms with Crippen LogP contribution in [0.25, 0.3) is 10.9 Å². The molecule has 3 aromatic rings. The van der Waals surface area contributed by atoms with Crippen LogP contribution in [-0.4, -0.2) is 16.8 Å². The van der Waals surface area contributed by atoms with E-state index in [0.29, 0.717) is 22.6 Å². The number of aromatic nitrogens is 1. The van der Waals surface area contributed by atoms with Gasteiger partial charge in [-0.3, -0.25) is 14.6 Å². The minimum atomic E-state index is -0.239. The molecule has 1 heterocycles. The number of amides is 2. The first-order chi connectivity index (χ1) is 14.1. The number of rotatable bonds is 5. The molecule has 0 unspecified atom stereocenters. The van der Waals surface area contributed by atoms with E-state index in [1.54, 1.807) is 18.3 Å². The molecule has 1 aliphatic carbocycles. The van der Waals surface area contributed by atoms with Gasteiger partial charge in [-0.25, -0.2) is 0 Å². The third-order valence-corrected chi connectivity index (χ3v) is 5.51. The highest BCUT2D eigenvalue weighted by Gasteiger charge is 2.22. The molecule has 5 nitrogen and oxygen atoms in total. The number of hydrogen-bond acceptors (Lipinski definition) is 3. The average Bonchev–Trinajstić information content (AvgIpc) is 3.27. The maximum absolute atomic E-state index is 12.7. The molecule has 0 atom stereocenters. The van der Waals surface area contributed by atoms with E-state index in [-0.39, 0.29) is 17.7 Å². The van der Waals surface area contributed by atoms with E-state index < -0.39 is 0 Å². The molecule has 6 heteroatoms. The highest BCUT2D eigenvalue weighted by Crippen LogP contribution is 2.26. The first kappa shape index (κ1) is 19.4. The number of halogens is 1. The molecule has 4 rings (SSSR count). The smallest absolute Gasteiger partial charge is 0.253 e. The number of carbonyl (C=O) groups excluding carboxylic acids is 2. The summed E-state index contributed by atoms with van der Waals surface area (Å²) >= 11 is 6.16. The van der Waals surface area contributed by atoms with Gasteiger partial charge in [-0.15, -0.1) is 0 Å². The fraction of sp³-hybridized carbons (Fsp3) is 0.261. The molecule has 29 heavy (non-hydrogen) atoms. The van der Waals surface area contributed by atoms with Gasteiger partial charge in [0.1, 0.15) is 0 Å². The van der Waals surface area contributed by atoms with Crippen molar-refractivity contribution in [3.63, 3.8) is 0 Å². The second-order valence-corrected chi connectivity index (χ2v) is 7.82. The zero-order valence-electron chi connectivity index (χ0n) is 16.0. The molecule has 1 aromatic heterocycles. The molecule has 1 aliphatic rings. The normalized spacial score (nSPS) is 14.1. The van der Waals surface area contributed by atoms with Gasteiger partial charge in [0, 0.05) is 34.8 Å². The molecule has 148 valence electrons. The summed E-state index contributed by atoms with van der Waals surface area (Å²) in [5, 5.41) is 7.23. The van der Waals surface area contributed by atoms with Crippen molar-refractivity contribution in [1.82, 2.24) is 10.3 Å². The summed E-state index contributed by atoms with van der Waals surface area (Å²) in [4.78, 5) is 29.4. The van der Waals surface area contributed by atoms with Gasteiger partial charge in [-0.1, -0.05) is 42.6 Å². The van der Waals surface area contributed by atoms with E-state index in [0.717, 1.165) is 42.3 Å². The molecule has 2 amide bonds. The molecule has 0 saturated heterocycles. The van der Waals surface area contributed by atoms with Gasteiger partial charge in [0.15, 0.2) is 0 Å². The van der Waals surface area contributed by atoms with Crippen LogP contribution in [0.15, 0.2) is 54.7 Å². The van der Waals surface area contributed by atoms with Crippen molar-refractivity contribution in [3.8, 4) is 0 Å². The minimum Gasteiger partial charge on any atom is -0.348 e. The fourth-order valence-electron chi connectivity index (χ4n) is 3.80. The number of nitrogens with one attached hydrogen (secondary N) is 2. The Labute approximate surface area is 174 Å². The molecule has 2 N–H and O–H groups in total. The van der Waals surface area contributed by atoms with Crippen molar-refractivity contribution >= 4 is 40.0 Å². The lowest BCUT2D eigenvalue weighted by atomic mass is 10.1. The van der Waals surface area contributed by atoms with Crippen molar-refractivity contribution in [2.24, 2.45) is 5.92 Å². The van der Waals surface area contributed by atoms with E-state index in [9.17, 15) is 9.59 Å². The molecule has 0 bridgehead atoms. The van der Waals surface area contributed by atoms with Gasteiger partial charge in [-0.2, -0.15) is 0 Å². The summed E-state index contributed by atoms with van der Waals surface area (Å²) in [6.45, 7) is 0.340. The molecular formula is C23H22ClN3O2. The molecule has 0 spiro atoms. The van der Waals surface area contributed by atoms with Crippen LogP contribution in [-0.2, 0) is 11.3 Å². The summed E-state index contributed by atoms with van der Waals surface area (Å²) in [5.74, 6) is -0.0429. The van der Waals surface area contributed by atoms with Crippen molar-refractivity contribution in [3.05, 3.63) is 70.9 Å². The van der Waals surface area contributed by atoms with Crippen LogP contribution in [0.5, 0.6) is 0 Å². The lowest BCUT2D eigenvalue weighted by Gasteiger charge is -2.12. The summed E-state index contributed by atoms with van der Waals surface area (Å²) < 4.78 is 0. The average molecular weight is 408 g/mol. The van der Waals surface area contributed by atoms with Crippen molar-refractivity contribution in [1.29, 1.82) is 0 Å². The molecule has 0 radical (unpaired) electrons. The molecule has 2 aromatic carbocycles. The Morgan fingerprint density at radius 2 is 1.90 bits per heavy atom. The Morgan fingerprint density at radius 3 is 2.72 bits per heavy atom. The van der Waals surface area contributed by atoms with Crippen LogP contribution in [0, 0.1) is 5.92 Å². The standard InChI is InChI=1S/C23H22ClN3O2/c24-18-12-17-8-4-10-25-21(17)20(13-18)23(29)26-14-15-5-3-9-19(11-15)27-22(28)16-6-1-2-7-16/h3-5,8-13,16H,1-2,6-7,14H2,(H,26,29)(H,27,28). The van der Waals surface area contributed by atoms with E-state index in [1.807, 2.05) is 36.4 Å². The van der Waals surface area contributed by atoms with E-state index in [2.05, 4.69) is 15.6 Å². The zero-order chi connectivity index (χ0) is 20.2. The van der Waals surface area contributed by atoms with Crippen LogP contribution in [0.3, 0.4) is 0 Å². The summed E-state index contributed by atoms with van der Waals surface area (Å²) in [6, 6.07) is 14.7. The first-order valence-corrected chi connectivity index (χ1v) is 10.2. The highest BCUT2D eigenvalue weighted by atomic mass is 35.5. The van der Waals surface area contributed by atoms with Crippen LogP contribution in [0.1, 0.15) is 41.6 Å². The predicted octanol–water partition coefficient (Wildman–Crippen LogP) is 4.95. The largest absolute Gasteiger partial charge is 0.348 e. The quantitative estimate of drug-likeness (QED) is 0.628. The Balaban J connectivity index is 1.44. The lowest BCUT2D eigenvalue weighted by molar-refractivity contribution is -0.119. The second-order valence-electron chi connectivity index (χ2n) is 7.38. The van der Waals surface area contributed by atoms with Gasteiger partial charge in [0.05, 0.1) is 11.1 Å². The van der Waals surface area contributed by atoms with E-state index in [1.165, 1.54) is 0 Å². The number of carbonyl (C=O) groups is 2. The highest BCUT2D eigenvalue weighted by molar-refractivity contribution is 6.32. The molecule has 1 saturated carbocycles. The van der Waals surface area contributed by atoms with Gasteiger partial charge >= 0.3 is 0 Å². The summed E-state index contributed by atoms with van der Waals surface area (Å²) in [7, 11) is 0. The van der Waals surface area contributed by atoms with Gasteiger partial charge < -0.3 is 10.6 Å². The van der Waals surface area contributed by atoms with Crippen LogP contribution in [0.4, 0.5) is 5.69 Å². The van der Waals surface area contributed by atoms with E-state index in [4.69, 9.17) is 11.6 Å². The van der Waals surface area contributed by atoms with Gasteiger partial charge in [0.2, 0.25) is 5.91 Å². The van der Waals surface area contributed by atoms with Crippen molar-refractivity contribution in [2.75, 3.05) is 5.32 Å². The third kappa shape index (κ3) is 4.57. The zero-order valence-corrected chi connectivity index (χ0v) is 16.7. The van der Waals surface area contributed by atoms with E-state index >= 15 is 0 Å². The number of fused-ring (bicyclic) bond motifs is 1. The van der Waals surface area contributed by atoms with Crippen LogP contribution >= 0.6 is 11.6 Å². The number of anilines is 1. The van der Waals surface area contributed by atoms with Gasteiger partial charge in [0.25, 0.3) is 5.91 Å². The monoisotopic (exact) mass is 407 g/mol. The fourth-order valence-corrected chi connectivity index (χ4v) is 4.02. The van der Waals surface area contributed by atoms with Crippen LogP contribution in [0.2, 0.25) is 5.02 Å². The SMILES string of the molecule is O=C(NCc1cccc(NC(=O)C2CCCC2)c1)c1cc(Cl)cc2cccnc12. The third-order valence-electron chi connectivity index (χ3n) is 5.29. The lowest BCUT2D eigenvalue weighted by Crippen LogP contribution is -2.23. The number of hydrogen-bond donors (Lipinski definition) is 2. The van der Waals surface area contributed by atoms with Crippen LogP contribution < -0.4 is 10.6 Å². The molecular weight excluding hydrogens is 386 g/mol. The Kier molecular flexibility index (Phi) is 5.76. The van der Waals surface area contributed by atoms with Crippen molar-refractivity contribution in [2.45, 2.75) is 32.2 Å². The van der Waals surface area contributed by atoms with Crippen molar-refractivity contribution < 1.29 is 9.59 Å². The summed E-state index contributed by atoms with van der Waals surface area (Å²) in [6.07, 6.45) is 5.82.